The van der Waals surface area contributed by atoms with E-state index in [1.165, 1.54) is 148 Å². The lowest BCUT2D eigenvalue weighted by Gasteiger charge is -2.21. The molecule has 17 nitrogen and oxygen atoms in total. The fourth-order valence-electron chi connectivity index (χ4n) is 10.3. The van der Waals surface area contributed by atoms with Gasteiger partial charge < -0.3 is 33.8 Å². The van der Waals surface area contributed by atoms with Crippen LogP contribution in [-0.4, -0.2) is 96.7 Å². The maximum atomic E-state index is 13.0. The van der Waals surface area contributed by atoms with Crippen molar-refractivity contribution in [3.63, 3.8) is 0 Å². The molecule has 0 fully saturated rings. The molecule has 0 aliphatic heterocycles. The monoisotopic (exact) mass is 1300 g/mol. The van der Waals surface area contributed by atoms with Crippen molar-refractivity contribution in [1.82, 2.24) is 0 Å². The average molecular weight is 1300 g/mol. The van der Waals surface area contributed by atoms with Crippen molar-refractivity contribution < 1.29 is 80.2 Å². The Morgan fingerprint density at radius 1 is 0.330 bits per heavy atom. The van der Waals surface area contributed by atoms with Gasteiger partial charge in [-0.3, -0.25) is 37.3 Å². The molecule has 19 heteroatoms. The lowest BCUT2D eigenvalue weighted by Crippen LogP contribution is -2.30. The molecule has 0 spiro atoms. The summed E-state index contributed by atoms with van der Waals surface area (Å²) in [5.74, 6) is 0.115. The van der Waals surface area contributed by atoms with Gasteiger partial charge in [-0.25, -0.2) is 9.13 Å². The molecular weight excluding hydrogens is 1160 g/mol. The standard InChI is InChI=1S/C69H134O17P2/c1-8-10-11-12-13-14-22-29-36-43-50-66(71)79-56-65(86-69(74)53-46-39-32-25-27-34-41-48-61(5)6)59-84-88(77,78)82-55-63(70)54-81-87(75,76)83-58-64(57-80-67(72)51-44-37-31-24-26-33-40-47-60(3)4)85-68(73)52-45-38-30-23-20-18-16-15-17-19-21-28-35-42-49-62(7)9-2/h60-65,70H,8-59H2,1-7H3,(H,75,76)(H,77,78)/t62?,63-,64-,65-/m1/s1. The van der Waals surface area contributed by atoms with E-state index in [-0.39, 0.29) is 25.7 Å². The molecule has 0 aromatic heterocycles. The number of unbranched alkanes of at least 4 members (excludes halogenated alkanes) is 34. The van der Waals surface area contributed by atoms with Gasteiger partial charge in [-0.15, -0.1) is 0 Å². The minimum atomic E-state index is -4.95. The maximum absolute atomic E-state index is 13.0. The van der Waals surface area contributed by atoms with Gasteiger partial charge in [-0.05, 0) is 43.4 Å². The molecule has 0 amide bonds. The number of aliphatic hydroxyl groups is 1. The second-order valence-corrected chi connectivity index (χ2v) is 29.0. The number of aliphatic hydroxyl groups excluding tert-OH is 1. The minimum Gasteiger partial charge on any atom is -0.462 e. The summed E-state index contributed by atoms with van der Waals surface area (Å²) in [6, 6.07) is 0. The molecule has 0 bridgehead atoms. The highest BCUT2D eigenvalue weighted by Gasteiger charge is 2.30. The van der Waals surface area contributed by atoms with Crippen LogP contribution in [0.2, 0.25) is 0 Å². The second-order valence-electron chi connectivity index (χ2n) is 26.1. The number of phosphoric ester groups is 2. The van der Waals surface area contributed by atoms with Gasteiger partial charge in [0.15, 0.2) is 12.2 Å². The Kier molecular flexibility index (Phi) is 58.7. The van der Waals surface area contributed by atoms with Crippen molar-refractivity contribution in [3.8, 4) is 0 Å². The topological polar surface area (TPSA) is 237 Å². The van der Waals surface area contributed by atoms with Gasteiger partial charge >= 0.3 is 39.5 Å². The first-order chi connectivity index (χ1) is 42.3. The van der Waals surface area contributed by atoms with Crippen molar-refractivity contribution in [2.75, 3.05) is 39.6 Å². The van der Waals surface area contributed by atoms with Gasteiger partial charge in [0, 0.05) is 25.7 Å². The van der Waals surface area contributed by atoms with E-state index in [9.17, 15) is 43.2 Å². The van der Waals surface area contributed by atoms with E-state index < -0.39 is 97.5 Å². The first kappa shape index (κ1) is 86.1. The highest BCUT2D eigenvalue weighted by molar-refractivity contribution is 7.47. The van der Waals surface area contributed by atoms with Crippen molar-refractivity contribution in [3.05, 3.63) is 0 Å². The summed E-state index contributed by atoms with van der Waals surface area (Å²) in [7, 11) is -9.90. The zero-order chi connectivity index (χ0) is 65.2. The molecule has 522 valence electrons. The summed E-state index contributed by atoms with van der Waals surface area (Å²) in [5.41, 5.74) is 0. The van der Waals surface area contributed by atoms with Crippen LogP contribution in [0.3, 0.4) is 0 Å². The van der Waals surface area contributed by atoms with Gasteiger partial charge in [0.1, 0.15) is 19.3 Å². The Morgan fingerprint density at radius 2 is 0.580 bits per heavy atom. The summed E-state index contributed by atoms with van der Waals surface area (Å²) in [6.07, 6.45) is 43.2. The van der Waals surface area contributed by atoms with Gasteiger partial charge in [0.25, 0.3) is 0 Å². The molecule has 3 N–H and O–H groups in total. The van der Waals surface area contributed by atoms with Gasteiger partial charge in [-0.1, -0.05) is 292 Å². The number of ether oxygens (including phenoxy) is 4. The Hall–Kier alpha value is -1.94. The number of phosphoric acid groups is 2. The van der Waals surface area contributed by atoms with E-state index in [1.807, 2.05) is 0 Å². The van der Waals surface area contributed by atoms with Gasteiger partial charge in [0.05, 0.1) is 26.4 Å². The molecule has 0 radical (unpaired) electrons. The van der Waals surface area contributed by atoms with E-state index in [1.54, 1.807) is 0 Å². The van der Waals surface area contributed by atoms with Crippen molar-refractivity contribution in [1.29, 1.82) is 0 Å². The van der Waals surface area contributed by atoms with E-state index in [0.717, 1.165) is 102 Å². The predicted molar refractivity (Wildman–Crippen MR) is 354 cm³/mol. The third-order valence-corrected chi connectivity index (χ3v) is 18.1. The average Bonchev–Trinajstić information content (AvgIpc) is 3.60. The van der Waals surface area contributed by atoms with Crippen LogP contribution in [0, 0.1) is 17.8 Å². The Morgan fingerprint density at radius 3 is 0.864 bits per heavy atom. The van der Waals surface area contributed by atoms with E-state index >= 15 is 0 Å². The molecule has 0 saturated heterocycles. The smallest absolute Gasteiger partial charge is 0.462 e. The van der Waals surface area contributed by atoms with Gasteiger partial charge in [-0.2, -0.15) is 0 Å². The van der Waals surface area contributed by atoms with Crippen molar-refractivity contribution >= 4 is 39.5 Å². The number of esters is 4. The quantitative estimate of drug-likeness (QED) is 0.0222. The maximum Gasteiger partial charge on any atom is 0.472 e. The normalized spacial score (nSPS) is 14.5. The first-order valence-electron chi connectivity index (χ1n) is 35.9. The zero-order valence-electron chi connectivity index (χ0n) is 57.2. The lowest BCUT2D eigenvalue weighted by molar-refractivity contribution is -0.161. The number of hydrogen-bond donors (Lipinski definition) is 3. The summed E-state index contributed by atoms with van der Waals surface area (Å²) >= 11 is 0. The molecule has 0 aromatic rings. The largest absolute Gasteiger partial charge is 0.472 e. The zero-order valence-corrected chi connectivity index (χ0v) is 59.0. The lowest BCUT2D eigenvalue weighted by atomic mass is 9.99. The first-order valence-corrected chi connectivity index (χ1v) is 38.9. The molecule has 0 aliphatic carbocycles. The molecule has 0 rings (SSSR count). The molecule has 0 aliphatic rings. The van der Waals surface area contributed by atoms with Crippen LogP contribution in [0.4, 0.5) is 0 Å². The molecule has 0 aromatic carbocycles. The fraction of sp³-hybridized carbons (Fsp3) is 0.942. The van der Waals surface area contributed by atoms with Gasteiger partial charge in [0.2, 0.25) is 0 Å². The molecule has 0 heterocycles. The Labute approximate surface area is 537 Å². The molecule has 88 heavy (non-hydrogen) atoms. The fourth-order valence-corrected chi connectivity index (χ4v) is 11.9. The molecule has 6 atom stereocenters. The summed E-state index contributed by atoms with van der Waals surface area (Å²) in [5, 5.41) is 10.6. The molecule has 0 saturated carbocycles. The van der Waals surface area contributed by atoms with E-state index in [4.69, 9.17) is 37.0 Å². The van der Waals surface area contributed by atoms with Crippen molar-refractivity contribution in [2.24, 2.45) is 17.8 Å². The predicted octanol–water partition coefficient (Wildman–Crippen LogP) is 19.5. The van der Waals surface area contributed by atoms with Crippen LogP contribution in [0.25, 0.3) is 0 Å². The summed E-state index contributed by atoms with van der Waals surface area (Å²) in [6.45, 7) is 11.8. The number of rotatable bonds is 67. The van der Waals surface area contributed by atoms with Crippen LogP contribution in [-0.2, 0) is 65.4 Å². The third kappa shape index (κ3) is 61.6. The van der Waals surface area contributed by atoms with Crippen LogP contribution in [0.1, 0.15) is 344 Å². The highest BCUT2D eigenvalue weighted by atomic mass is 31.2. The Bertz CT molecular complexity index is 1730. The SMILES string of the molecule is CCCCCCCCCCCCC(=O)OC[C@H](COP(=O)(O)OC[C@H](O)COP(=O)(O)OC[C@@H](COC(=O)CCCCCCCCCC(C)C)OC(=O)CCCCCCCCCCCCCCCCC(C)CC)OC(=O)CCCCCCCCCC(C)C. The summed E-state index contributed by atoms with van der Waals surface area (Å²) < 4.78 is 68.2. The van der Waals surface area contributed by atoms with E-state index in [0.29, 0.717) is 37.5 Å². The second kappa shape index (κ2) is 60.0. The van der Waals surface area contributed by atoms with Crippen LogP contribution >= 0.6 is 15.6 Å². The number of hydrogen-bond acceptors (Lipinski definition) is 15. The number of carbonyl (C=O) groups excluding carboxylic acids is 4. The van der Waals surface area contributed by atoms with Crippen LogP contribution < -0.4 is 0 Å². The Balaban J connectivity index is 5.20. The highest BCUT2D eigenvalue weighted by Crippen LogP contribution is 2.45. The molecule has 3 unspecified atom stereocenters. The molecular formula is C69H134O17P2. The number of carbonyl (C=O) groups is 4. The summed E-state index contributed by atoms with van der Waals surface area (Å²) in [4.78, 5) is 72.4. The third-order valence-electron chi connectivity index (χ3n) is 16.2. The van der Waals surface area contributed by atoms with Crippen molar-refractivity contribution in [2.45, 2.75) is 362 Å². The van der Waals surface area contributed by atoms with Crippen LogP contribution in [0.5, 0.6) is 0 Å². The van der Waals surface area contributed by atoms with Crippen LogP contribution in [0.15, 0.2) is 0 Å². The minimum absolute atomic E-state index is 0.103. The van der Waals surface area contributed by atoms with E-state index in [2.05, 4.69) is 48.5 Å².